The van der Waals surface area contributed by atoms with Crippen molar-refractivity contribution < 1.29 is 71.3 Å². The van der Waals surface area contributed by atoms with Gasteiger partial charge in [0, 0.05) is 34.7 Å². The van der Waals surface area contributed by atoms with E-state index < -0.39 is 30.4 Å². The Hall–Kier alpha value is -4.46. The third-order valence-corrected chi connectivity index (χ3v) is 8.62. The monoisotopic (exact) mass is 728 g/mol. The minimum absolute atomic E-state index is 0. The van der Waals surface area contributed by atoms with Crippen molar-refractivity contribution in [2.75, 3.05) is 0 Å². The number of phenols is 3. The summed E-state index contributed by atoms with van der Waals surface area (Å²) < 4.78 is 98.0. The molecule has 0 saturated carbocycles. The van der Waals surface area contributed by atoms with Gasteiger partial charge in [0.2, 0.25) is 0 Å². The topological polar surface area (TPSA) is 271 Å². The number of hydrogen-bond acceptors (Lipinski definition) is 15. The molecule has 0 aliphatic carbocycles. The molecule has 46 heavy (non-hydrogen) atoms. The molecule has 1 radical (unpaired) electrons. The fourth-order valence-electron chi connectivity index (χ4n) is 4.05. The van der Waals surface area contributed by atoms with Gasteiger partial charge in [-0.25, -0.2) is 25.3 Å². The Morgan fingerprint density at radius 2 is 0.674 bits per heavy atom. The predicted octanol–water partition coefficient (Wildman–Crippen LogP) is 2.53. The van der Waals surface area contributed by atoms with Crippen LogP contribution in [0.5, 0.6) is 17.2 Å². The van der Waals surface area contributed by atoms with Crippen LogP contribution in [0.3, 0.4) is 0 Å². The van der Waals surface area contributed by atoms with Crippen LogP contribution in [0.4, 0.5) is 0 Å². The van der Waals surface area contributed by atoms with Gasteiger partial charge in [0.25, 0.3) is 0 Å². The molecule has 15 nitrogen and oxygen atoms in total. The average Bonchev–Trinajstić information content (AvgIpc) is 2.97. The summed E-state index contributed by atoms with van der Waals surface area (Å²) in [7, 11) is -13.6. The second-order valence-corrected chi connectivity index (χ2v) is 12.9. The number of benzene rings is 3. The molecule has 0 aliphatic rings. The summed E-state index contributed by atoms with van der Waals surface area (Å²) in [6.45, 7) is 0. The second-order valence-electron chi connectivity index (χ2n) is 8.81. The van der Waals surface area contributed by atoms with Crippen LogP contribution in [0.15, 0.2) is 106 Å². The van der Waals surface area contributed by atoms with Crippen LogP contribution in [0.2, 0.25) is 0 Å². The molecule has 0 spiro atoms. The fraction of sp³-hybridized carbons (Fsp3) is 0. The molecule has 19 heteroatoms. The quantitative estimate of drug-likeness (QED) is 0.174. The largest absolute Gasteiger partial charge is 3.00 e. The van der Waals surface area contributed by atoms with E-state index in [0.29, 0.717) is 0 Å². The van der Waals surface area contributed by atoms with Crippen molar-refractivity contribution in [3.8, 4) is 17.2 Å². The summed E-state index contributed by atoms with van der Waals surface area (Å²) in [5, 5.41) is 28.6. The van der Waals surface area contributed by atoms with E-state index in [-0.39, 0.29) is 81.7 Å². The van der Waals surface area contributed by atoms with Crippen LogP contribution < -0.4 is 0 Å². The van der Waals surface area contributed by atoms with E-state index in [4.69, 9.17) is 0 Å². The molecule has 6 aromatic rings. The van der Waals surface area contributed by atoms with Gasteiger partial charge in [-0.3, -0.25) is 15.0 Å². The summed E-state index contributed by atoms with van der Waals surface area (Å²) in [6, 6.07) is 15.4. The molecule has 0 fully saturated rings. The third-order valence-electron chi connectivity index (χ3n) is 5.93. The van der Waals surface area contributed by atoms with Gasteiger partial charge in [0.15, 0.2) is 0 Å². The summed E-state index contributed by atoms with van der Waals surface area (Å²) in [5.74, 6) is -0.464. The van der Waals surface area contributed by atoms with E-state index in [0.717, 1.165) is 36.4 Å². The number of aromatic nitrogens is 3. The van der Waals surface area contributed by atoms with Gasteiger partial charge in [0.05, 0.1) is 14.7 Å². The summed E-state index contributed by atoms with van der Waals surface area (Å²) in [5.41, 5.74) is 0.318. The SMILES string of the molecule is O=S(=O)([O-])c1ccc(O)c2ncccc12.O=S(=O)([O-])c1ccc(O)c2ncccc12.O=S(=O)([O-])c1ccc(O)c2ncccc12.[Fe+3]. The molecule has 3 heterocycles. The summed E-state index contributed by atoms with van der Waals surface area (Å²) in [4.78, 5) is 10.3. The Morgan fingerprint density at radius 1 is 0.435 bits per heavy atom. The van der Waals surface area contributed by atoms with E-state index in [1.165, 1.54) is 55.0 Å². The molecule has 0 amide bonds. The van der Waals surface area contributed by atoms with Crippen LogP contribution >= 0.6 is 0 Å². The molecule has 0 unspecified atom stereocenters. The zero-order valence-corrected chi connectivity index (χ0v) is 26.1. The molecule has 3 N–H and O–H groups in total. The molecule has 0 bridgehead atoms. The number of phenolic OH excluding ortho intramolecular Hbond substituents is 3. The molecular formula is C27H18FeN3O12S3. The minimum atomic E-state index is -4.55. The molecule has 0 atom stereocenters. The van der Waals surface area contributed by atoms with Crippen molar-refractivity contribution in [2.24, 2.45) is 0 Å². The smallest absolute Gasteiger partial charge is 0.744 e. The second kappa shape index (κ2) is 13.9. The third kappa shape index (κ3) is 8.03. The number of nitrogens with zero attached hydrogens (tertiary/aromatic N) is 3. The van der Waals surface area contributed by atoms with Crippen molar-refractivity contribution in [3.05, 3.63) is 91.4 Å². The first-order valence-electron chi connectivity index (χ1n) is 12.1. The van der Waals surface area contributed by atoms with Gasteiger partial charge in [-0.1, -0.05) is 0 Å². The van der Waals surface area contributed by atoms with Gasteiger partial charge in [0.1, 0.15) is 64.2 Å². The van der Waals surface area contributed by atoms with Crippen LogP contribution in [-0.4, -0.2) is 69.2 Å². The number of hydrogen-bond donors (Lipinski definition) is 3. The maximum absolute atomic E-state index is 10.9. The molecule has 0 saturated heterocycles. The van der Waals surface area contributed by atoms with Crippen LogP contribution in [0.25, 0.3) is 32.7 Å². The van der Waals surface area contributed by atoms with Crippen molar-refractivity contribution in [1.82, 2.24) is 15.0 Å². The molecule has 6 rings (SSSR count). The molecule has 0 aliphatic heterocycles. The molecule has 3 aromatic heterocycles. The van der Waals surface area contributed by atoms with Crippen molar-refractivity contribution in [2.45, 2.75) is 14.7 Å². The summed E-state index contributed by atoms with van der Waals surface area (Å²) >= 11 is 0. The van der Waals surface area contributed by atoms with Gasteiger partial charge in [-0.15, -0.1) is 0 Å². The van der Waals surface area contributed by atoms with Crippen molar-refractivity contribution in [1.29, 1.82) is 0 Å². The minimum Gasteiger partial charge on any atom is -0.744 e. The van der Waals surface area contributed by atoms with Crippen LogP contribution in [0.1, 0.15) is 0 Å². The normalized spacial score (nSPS) is 11.5. The molecule has 3 aromatic carbocycles. The maximum Gasteiger partial charge on any atom is 3.00 e. The maximum atomic E-state index is 10.9. The van der Waals surface area contributed by atoms with Gasteiger partial charge in [-0.2, -0.15) is 0 Å². The van der Waals surface area contributed by atoms with Gasteiger partial charge in [-0.05, 0) is 72.8 Å². The predicted molar refractivity (Wildman–Crippen MR) is 154 cm³/mol. The average molecular weight is 728 g/mol. The number of pyridine rings is 3. The van der Waals surface area contributed by atoms with E-state index in [2.05, 4.69) is 15.0 Å². The Kier molecular flexibility index (Phi) is 10.9. The Balaban J connectivity index is 0.000000186. The van der Waals surface area contributed by atoms with E-state index >= 15 is 0 Å². The first kappa shape index (κ1) is 36.0. The van der Waals surface area contributed by atoms with Crippen LogP contribution in [0, 0.1) is 0 Å². The first-order valence-corrected chi connectivity index (χ1v) is 16.3. The first-order chi connectivity index (χ1) is 21.0. The Bertz CT molecular complexity index is 2140. The van der Waals surface area contributed by atoms with E-state index in [1.807, 2.05) is 0 Å². The zero-order valence-electron chi connectivity index (χ0n) is 22.6. The fourth-order valence-corrected chi connectivity index (χ4v) is 6.06. The van der Waals surface area contributed by atoms with Gasteiger partial charge >= 0.3 is 17.1 Å². The molecule has 239 valence electrons. The Labute approximate surface area is 271 Å². The Morgan fingerprint density at radius 3 is 0.891 bits per heavy atom. The van der Waals surface area contributed by atoms with E-state index in [9.17, 15) is 54.2 Å². The van der Waals surface area contributed by atoms with Crippen molar-refractivity contribution >= 4 is 63.1 Å². The van der Waals surface area contributed by atoms with Crippen LogP contribution in [-0.2, 0) is 47.4 Å². The zero-order chi connectivity index (χ0) is 33.2. The standard InChI is InChI=1S/3C9H7NO4S.Fe/c3*11-7-3-4-8(15(12,13)14)6-2-1-5-10-9(6)7;/h3*1-5,11H,(H,12,13,14);/q;;;+3/p-3. The van der Waals surface area contributed by atoms with Gasteiger partial charge < -0.3 is 29.0 Å². The van der Waals surface area contributed by atoms with E-state index in [1.54, 1.807) is 0 Å². The number of rotatable bonds is 3. The summed E-state index contributed by atoms with van der Waals surface area (Å²) in [6.07, 6.45) is 4.22. The molecular weight excluding hydrogens is 710 g/mol. The number of fused-ring (bicyclic) bond motifs is 3. The number of aromatic hydroxyl groups is 3. The van der Waals surface area contributed by atoms with Crippen molar-refractivity contribution in [3.63, 3.8) is 0 Å².